The van der Waals surface area contributed by atoms with Crippen molar-refractivity contribution in [1.82, 2.24) is 0 Å². The molecule has 3 N–H and O–H groups in total. The Kier molecular flexibility index (Phi) is 5.28. The van der Waals surface area contributed by atoms with Crippen LogP contribution in [-0.4, -0.2) is 40.3 Å². The highest BCUT2D eigenvalue weighted by Crippen LogP contribution is 2.38. The van der Waals surface area contributed by atoms with Crippen molar-refractivity contribution in [3.63, 3.8) is 0 Å². The molecular weight excluding hydrogens is 238 g/mol. The van der Waals surface area contributed by atoms with Crippen molar-refractivity contribution in [2.45, 2.75) is 61.7 Å². The number of aliphatic carboxylic acids is 1. The van der Waals surface area contributed by atoms with Crippen molar-refractivity contribution in [2.75, 3.05) is 7.11 Å². The van der Waals surface area contributed by atoms with E-state index in [-0.39, 0.29) is 0 Å². The van der Waals surface area contributed by atoms with Gasteiger partial charge in [-0.05, 0) is 39.5 Å². The lowest BCUT2D eigenvalue weighted by molar-refractivity contribution is -0.139. The van der Waals surface area contributed by atoms with Gasteiger partial charge in [0.25, 0.3) is 0 Å². The molecule has 100 valence electrons. The molecule has 0 heterocycles. The number of carboxylic acid groups (broad SMARTS) is 1. The molecule has 0 aliphatic heterocycles. The molecule has 2 unspecified atom stereocenters. The number of methoxy groups -OCH3 is 1. The van der Waals surface area contributed by atoms with Crippen molar-refractivity contribution < 1.29 is 14.6 Å². The molecule has 1 fully saturated rings. The van der Waals surface area contributed by atoms with Crippen LogP contribution >= 0.6 is 11.8 Å². The van der Waals surface area contributed by atoms with Crippen molar-refractivity contribution in [2.24, 2.45) is 5.73 Å². The van der Waals surface area contributed by atoms with Crippen LogP contribution in [0.5, 0.6) is 0 Å². The van der Waals surface area contributed by atoms with E-state index >= 15 is 0 Å². The topological polar surface area (TPSA) is 72.5 Å². The molecule has 0 bridgehead atoms. The Hall–Kier alpha value is -0.260. The first kappa shape index (κ1) is 14.8. The second-order valence-electron chi connectivity index (χ2n) is 5.18. The quantitative estimate of drug-likeness (QED) is 0.790. The van der Waals surface area contributed by atoms with E-state index in [1.165, 1.54) is 0 Å². The van der Waals surface area contributed by atoms with Crippen LogP contribution in [0, 0.1) is 0 Å². The van der Waals surface area contributed by atoms with Gasteiger partial charge in [0.05, 0.1) is 6.10 Å². The molecular formula is C12H23NO3S. The van der Waals surface area contributed by atoms with E-state index in [4.69, 9.17) is 15.6 Å². The highest BCUT2D eigenvalue weighted by Gasteiger charge is 2.36. The summed E-state index contributed by atoms with van der Waals surface area (Å²) in [4.78, 5) is 10.9. The normalized spacial score (nSPS) is 27.8. The summed E-state index contributed by atoms with van der Waals surface area (Å²) in [5, 5.41) is 9.44. The zero-order valence-electron chi connectivity index (χ0n) is 10.8. The van der Waals surface area contributed by atoms with Gasteiger partial charge in [0.1, 0.15) is 6.04 Å². The van der Waals surface area contributed by atoms with Crippen LogP contribution in [0.15, 0.2) is 0 Å². The molecule has 4 nitrogen and oxygen atoms in total. The second kappa shape index (κ2) is 6.07. The summed E-state index contributed by atoms with van der Waals surface area (Å²) >= 11 is 1.69. The number of hydrogen-bond donors (Lipinski definition) is 2. The molecule has 1 rings (SSSR count). The van der Waals surface area contributed by atoms with Crippen molar-refractivity contribution in [3.05, 3.63) is 0 Å². The van der Waals surface area contributed by atoms with Gasteiger partial charge < -0.3 is 15.6 Å². The molecule has 1 aliphatic rings. The molecule has 0 aromatic rings. The molecule has 5 heteroatoms. The van der Waals surface area contributed by atoms with Crippen LogP contribution in [-0.2, 0) is 9.53 Å². The molecule has 17 heavy (non-hydrogen) atoms. The minimum absolute atomic E-state index is 0.318. The van der Waals surface area contributed by atoms with Crippen LogP contribution < -0.4 is 5.73 Å². The molecule has 0 aromatic carbocycles. The highest BCUT2D eigenvalue weighted by molar-refractivity contribution is 8.01. The van der Waals surface area contributed by atoms with Gasteiger partial charge in [0.15, 0.2) is 0 Å². The Morgan fingerprint density at radius 3 is 2.71 bits per heavy atom. The van der Waals surface area contributed by atoms with Gasteiger partial charge >= 0.3 is 5.97 Å². The van der Waals surface area contributed by atoms with Gasteiger partial charge in [-0.25, -0.2) is 0 Å². The Balaban J connectivity index is 2.54. The number of carboxylic acids is 1. The largest absolute Gasteiger partial charge is 0.480 e. The Labute approximate surface area is 107 Å². The maximum atomic E-state index is 10.9. The zero-order valence-corrected chi connectivity index (χ0v) is 11.6. The second-order valence-corrected chi connectivity index (χ2v) is 7.14. The van der Waals surface area contributed by atoms with Crippen LogP contribution in [0.4, 0.5) is 0 Å². The van der Waals surface area contributed by atoms with Crippen LogP contribution in [0.3, 0.4) is 0 Å². The molecule has 1 aliphatic carbocycles. The fourth-order valence-electron chi connectivity index (χ4n) is 2.22. The van der Waals surface area contributed by atoms with E-state index in [0.717, 1.165) is 25.7 Å². The summed E-state index contributed by atoms with van der Waals surface area (Å²) in [6.45, 7) is 3.82. The fourth-order valence-corrected chi connectivity index (χ4v) is 3.93. The Bertz CT molecular complexity index is 270. The van der Waals surface area contributed by atoms with E-state index in [0.29, 0.717) is 11.4 Å². The smallest absolute Gasteiger partial charge is 0.321 e. The predicted molar refractivity (Wildman–Crippen MR) is 70.3 cm³/mol. The molecule has 1 saturated carbocycles. The standard InChI is InChI=1S/C12H23NO3S/c1-12(2,10(13)11(14)15)17-9-6-4-5-8(7-9)16-3/h8-10H,4-7,13H2,1-3H3,(H,14,15)/t8?,9?,10-/m1/s1. The third-order valence-corrected chi connectivity index (χ3v) is 5.02. The molecule has 0 saturated heterocycles. The minimum Gasteiger partial charge on any atom is -0.480 e. The first-order valence-electron chi connectivity index (χ1n) is 6.06. The number of ether oxygens (including phenoxy) is 1. The number of carbonyl (C=O) groups is 1. The van der Waals surface area contributed by atoms with E-state index in [9.17, 15) is 4.79 Å². The fraction of sp³-hybridized carbons (Fsp3) is 0.917. The first-order chi connectivity index (χ1) is 7.86. The van der Waals surface area contributed by atoms with Gasteiger partial charge in [-0.3, -0.25) is 4.79 Å². The lowest BCUT2D eigenvalue weighted by Crippen LogP contribution is -2.48. The Morgan fingerprint density at radius 1 is 1.53 bits per heavy atom. The lowest BCUT2D eigenvalue weighted by atomic mass is 9.97. The van der Waals surface area contributed by atoms with Crippen molar-refractivity contribution >= 4 is 17.7 Å². The average Bonchev–Trinajstić information content (AvgIpc) is 2.27. The number of hydrogen-bond acceptors (Lipinski definition) is 4. The zero-order chi connectivity index (χ0) is 13.1. The maximum Gasteiger partial charge on any atom is 0.321 e. The number of thioether (sulfide) groups is 1. The van der Waals surface area contributed by atoms with Crippen LogP contribution in [0.1, 0.15) is 39.5 Å². The summed E-state index contributed by atoms with van der Waals surface area (Å²) in [7, 11) is 1.74. The monoisotopic (exact) mass is 261 g/mol. The third kappa shape index (κ3) is 4.16. The lowest BCUT2D eigenvalue weighted by Gasteiger charge is -2.35. The van der Waals surface area contributed by atoms with Gasteiger partial charge in [-0.1, -0.05) is 0 Å². The van der Waals surface area contributed by atoms with Gasteiger partial charge in [-0.15, -0.1) is 11.8 Å². The van der Waals surface area contributed by atoms with E-state index < -0.39 is 16.8 Å². The van der Waals surface area contributed by atoms with Crippen molar-refractivity contribution in [3.8, 4) is 0 Å². The molecule has 0 spiro atoms. The van der Waals surface area contributed by atoms with Crippen molar-refractivity contribution in [1.29, 1.82) is 0 Å². The average molecular weight is 261 g/mol. The van der Waals surface area contributed by atoms with E-state index in [2.05, 4.69) is 0 Å². The van der Waals surface area contributed by atoms with Crippen LogP contribution in [0.2, 0.25) is 0 Å². The molecule has 0 aromatic heterocycles. The summed E-state index contributed by atoms with van der Waals surface area (Å²) in [5.74, 6) is -0.929. The Morgan fingerprint density at radius 2 is 2.18 bits per heavy atom. The number of nitrogens with two attached hydrogens (primary N) is 1. The van der Waals surface area contributed by atoms with Gasteiger partial charge in [0, 0.05) is 17.1 Å². The summed E-state index contributed by atoms with van der Waals surface area (Å²) in [6, 6.07) is -0.824. The minimum atomic E-state index is -0.929. The molecule has 0 radical (unpaired) electrons. The molecule has 3 atom stereocenters. The van der Waals surface area contributed by atoms with E-state index in [1.807, 2.05) is 13.8 Å². The van der Waals surface area contributed by atoms with Gasteiger partial charge in [-0.2, -0.15) is 0 Å². The third-order valence-electron chi connectivity index (χ3n) is 3.40. The number of rotatable bonds is 5. The van der Waals surface area contributed by atoms with Crippen LogP contribution in [0.25, 0.3) is 0 Å². The van der Waals surface area contributed by atoms with Gasteiger partial charge in [0.2, 0.25) is 0 Å². The predicted octanol–water partition coefficient (Wildman–Crippen LogP) is 1.87. The summed E-state index contributed by atoms with van der Waals surface area (Å²) in [5.41, 5.74) is 5.73. The summed E-state index contributed by atoms with van der Waals surface area (Å²) < 4.78 is 4.94. The SMILES string of the molecule is COC1CCCC(SC(C)(C)[C@H](N)C(=O)O)C1. The maximum absolute atomic E-state index is 10.9. The first-order valence-corrected chi connectivity index (χ1v) is 6.93. The highest BCUT2D eigenvalue weighted by atomic mass is 32.2. The molecule has 0 amide bonds. The van der Waals surface area contributed by atoms with E-state index in [1.54, 1.807) is 18.9 Å². The summed E-state index contributed by atoms with van der Waals surface area (Å²) in [6.07, 6.45) is 4.70.